The highest BCUT2D eigenvalue weighted by molar-refractivity contribution is 8.02. The number of hydrogen-bond donors (Lipinski definition) is 0. The van der Waals surface area contributed by atoms with Gasteiger partial charge in [-0.3, -0.25) is 9.59 Å². The molecule has 1 aromatic carbocycles. The minimum absolute atomic E-state index is 0.00514. The van der Waals surface area contributed by atoms with E-state index < -0.39 is 10.7 Å². The van der Waals surface area contributed by atoms with Crippen LogP contribution in [0, 0.1) is 0 Å². The molecular formula is C14H16O3S. The van der Waals surface area contributed by atoms with Crippen LogP contribution < -0.4 is 0 Å². The maximum atomic E-state index is 12.2. The highest BCUT2D eigenvalue weighted by Gasteiger charge is 2.48. The summed E-state index contributed by atoms with van der Waals surface area (Å²) < 4.78 is 3.82. The average Bonchev–Trinajstić information content (AvgIpc) is 2.41. The second kappa shape index (κ2) is 5.57. The number of methoxy groups -OCH3 is 1. The third-order valence-corrected chi connectivity index (χ3v) is 4.64. The molecule has 1 atom stereocenters. The third-order valence-electron chi connectivity index (χ3n) is 3.18. The van der Waals surface area contributed by atoms with Crippen LogP contribution in [0.15, 0.2) is 35.2 Å². The van der Waals surface area contributed by atoms with Crippen molar-refractivity contribution in [2.45, 2.75) is 35.3 Å². The summed E-state index contributed by atoms with van der Waals surface area (Å²) in [6.07, 6.45) is 2.79. The van der Waals surface area contributed by atoms with Crippen molar-refractivity contribution in [3.63, 3.8) is 0 Å². The molecule has 0 heterocycles. The average molecular weight is 264 g/mol. The predicted molar refractivity (Wildman–Crippen MR) is 70.5 cm³/mol. The molecule has 0 radical (unpaired) electrons. The molecule has 1 aromatic rings. The lowest BCUT2D eigenvalue weighted by Gasteiger charge is -2.32. The van der Waals surface area contributed by atoms with Gasteiger partial charge in [0, 0.05) is 11.3 Å². The largest absolute Gasteiger partial charge is 0.468 e. The zero-order valence-corrected chi connectivity index (χ0v) is 11.2. The summed E-state index contributed by atoms with van der Waals surface area (Å²) in [7, 11) is 1.34. The normalized spacial score (nSPS) is 23.7. The molecule has 1 aliphatic rings. The SMILES string of the molecule is COC(=O)C1(Sc2ccccc2)CCCCC1=O. The third kappa shape index (κ3) is 2.43. The van der Waals surface area contributed by atoms with E-state index in [1.54, 1.807) is 0 Å². The minimum atomic E-state index is -1.03. The molecular weight excluding hydrogens is 248 g/mol. The molecule has 1 unspecified atom stereocenters. The Morgan fingerprint density at radius 3 is 2.61 bits per heavy atom. The molecule has 1 saturated carbocycles. The number of Topliss-reactive ketones (excluding diaryl/α,β-unsaturated/α-hetero) is 1. The van der Waals surface area contributed by atoms with Gasteiger partial charge in [-0.25, -0.2) is 0 Å². The van der Waals surface area contributed by atoms with Crippen LogP contribution >= 0.6 is 11.8 Å². The minimum Gasteiger partial charge on any atom is -0.468 e. The lowest BCUT2D eigenvalue weighted by Crippen LogP contribution is -2.46. The van der Waals surface area contributed by atoms with Gasteiger partial charge in [-0.15, -0.1) is 0 Å². The van der Waals surface area contributed by atoms with Crippen molar-refractivity contribution in [3.8, 4) is 0 Å². The lowest BCUT2D eigenvalue weighted by atomic mass is 9.87. The number of hydrogen-bond acceptors (Lipinski definition) is 4. The van der Waals surface area contributed by atoms with E-state index in [2.05, 4.69) is 0 Å². The summed E-state index contributed by atoms with van der Waals surface area (Å²) in [6.45, 7) is 0. The van der Waals surface area contributed by atoms with Gasteiger partial charge in [0.25, 0.3) is 0 Å². The zero-order chi connectivity index (χ0) is 13.0. The first-order valence-corrected chi connectivity index (χ1v) is 6.86. The number of ether oxygens (including phenoxy) is 1. The maximum Gasteiger partial charge on any atom is 0.329 e. The fourth-order valence-corrected chi connectivity index (χ4v) is 3.55. The molecule has 0 amide bonds. The van der Waals surface area contributed by atoms with Crippen molar-refractivity contribution in [3.05, 3.63) is 30.3 Å². The Kier molecular flexibility index (Phi) is 4.07. The van der Waals surface area contributed by atoms with Gasteiger partial charge >= 0.3 is 5.97 Å². The van der Waals surface area contributed by atoms with Crippen molar-refractivity contribution < 1.29 is 14.3 Å². The Balaban J connectivity index is 2.30. The summed E-state index contributed by atoms with van der Waals surface area (Å²) in [4.78, 5) is 25.2. The van der Waals surface area contributed by atoms with Crippen molar-refractivity contribution in [1.82, 2.24) is 0 Å². The quantitative estimate of drug-likeness (QED) is 0.622. The smallest absolute Gasteiger partial charge is 0.329 e. The number of ketones is 1. The molecule has 4 heteroatoms. The molecule has 0 N–H and O–H groups in total. The maximum absolute atomic E-state index is 12.2. The van der Waals surface area contributed by atoms with Crippen molar-refractivity contribution in [2.75, 3.05) is 7.11 Å². The Hall–Kier alpha value is -1.29. The van der Waals surface area contributed by atoms with Gasteiger partial charge in [0.2, 0.25) is 0 Å². The predicted octanol–water partition coefficient (Wildman–Crippen LogP) is 2.83. The number of rotatable bonds is 3. The fraction of sp³-hybridized carbons (Fsp3) is 0.429. The molecule has 0 bridgehead atoms. The number of thioether (sulfide) groups is 1. The van der Waals surface area contributed by atoms with Gasteiger partial charge in [0.15, 0.2) is 10.5 Å². The van der Waals surface area contributed by atoms with E-state index in [9.17, 15) is 9.59 Å². The number of benzene rings is 1. The topological polar surface area (TPSA) is 43.4 Å². The first-order valence-electron chi connectivity index (χ1n) is 6.05. The van der Waals surface area contributed by atoms with Crippen LogP contribution in [0.5, 0.6) is 0 Å². The molecule has 18 heavy (non-hydrogen) atoms. The monoisotopic (exact) mass is 264 g/mol. The van der Waals surface area contributed by atoms with E-state index in [1.165, 1.54) is 18.9 Å². The van der Waals surface area contributed by atoms with Crippen molar-refractivity contribution >= 4 is 23.5 Å². The van der Waals surface area contributed by atoms with Gasteiger partial charge in [-0.1, -0.05) is 36.4 Å². The van der Waals surface area contributed by atoms with Crippen LogP contribution in [0.2, 0.25) is 0 Å². The second-order valence-corrected chi connectivity index (χ2v) is 5.74. The Labute approximate surface area is 111 Å². The van der Waals surface area contributed by atoms with Crippen LogP contribution in [0.3, 0.4) is 0 Å². The van der Waals surface area contributed by atoms with Gasteiger partial charge in [-0.2, -0.15) is 0 Å². The number of carbonyl (C=O) groups is 2. The molecule has 2 rings (SSSR count). The second-order valence-electron chi connectivity index (χ2n) is 4.36. The van der Waals surface area contributed by atoms with Crippen LogP contribution in [0.1, 0.15) is 25.7 Å². The Morgan fingerprint density at radius 1 is 1.28 bits per heavy atom. The molecule has 96 valence electrons. The highest BCUT2D eigenvalue weighted by Crippen LogP contribution is 2.42. The molecule has 0 aliphatic heterocycles. The highest BCUT2D eigenvalue weighted by atomic mass is 32.2. The first kappa shape index (κ1) is 13.1. The molecule has 0 saturated heterocycles. The fourth-order valence-electron chi connectivity index (χ4n) is 2.22. The molecule has 1 aliphatic carbocycles. The summed E-state index contributed by atoms with van der Waals surface area (Å²) in [6, 6.07) is 9.55. The first-order chi connectivity index (χ1) is 8.69. The van der Waals surface area contributed by atoms with Crippen molar-refractivity contribution in [1.29, 1.82) is 0 Å². The Morgan fingerprint density at radius 2 is 2.00 bits per heavy atom. The van der Waals surface area contributed by atoms with Gasteiger partial charge < -0.3 is 4.74 Å². The molecule has 0 aromatic heterocycles. The van der Waals surface area contributed by atoms with E-state index in [1.807, 2.05) is 30.3 Å². The van der Waals surface area contributed by atoms with E-state index in [0.29, 0.717) is 12.8 Å². The van der Waals surface area contributed by atoms with E-state index in [0.717, 1.165) is 17.7 Å². The molecule has 1 fully saturated rings. The number of esters is 1. The van der Waals surface area contributed by atoms with E-state index in [-0.39, 0.29) is 5.78 Å². The van der Waals surface area contributed by atoms with E-state index in [4.69, 9.17) is 4.74 Å². The van der Waals surface area contributed by atoms with Crippen LogP contribution in [-0.2, 0) is 14.3 Å². The van der Waals surface area contributed by atoms with Crippen LogP contribution in [0.25, 0.3) is 0 Å². The lowest BCUT2D eigenvalue weighted by molar-refractivity contribution is -0.148. The van der Waals surface area contributed by atoms with Gasteiger partial charge in [0.1, 0.15) is 0 Å². The van der Waals surface area contributed by atoms with Gasteiger partial charge in [0.05, 0.1) is 7.11 Å². The summed E-state index contributed by atoms with van der Waals surface area (Å²) >= 11 is 1.33. The standard InChI is InChI=1S/C14H16O3S/c1-17-13(16)14(10-6-5-9-12(14)15)18-11-7-3-2-4-8-11/h2-4,7-8H,5-6,9-10H2,1H3. The molecule has 0 spiro atoms. The van der Waals surface area contributed by atoms with E-state index >= 15 is 0 Å². The molecule has 3 nitrogen and oxygen atoms in total. The van der Waals surface area contributed by atoms with Gasteiger partial charge in [-0.05, 0) is 25.0 Å². The van der Waals surface area contributed by atoms with Crippen molar-refractivity contribution in [2.24, 2.45) is 0 Å². The zero-order valence-electron chi connectivity index (χ0n) is 10.3. The summed E-state index contributed by atoms with van der Waals surface area (Å²) in [5.74, 6) is -0.421. The summed E-state index contributed by atoms with van der Waals surface area (Å²) in [5, 5.41) is 0. The summed E-state index contributed by atoms with van der Waals surface area (Å²) in [5.41, 5.74) is 0. The van der Waals surface area contributed by atoms with Crippen LogP contribution in [-0.4, -0.2) is 23.6 Å². The van der Waals surface area contributed by atoms with Crippen LogP contribution in [0.4, 0.5) is 0 Å². The Bertz CT molecular complexity index is 434. The number of carbonyl (C=O) groups excluding carboxylic acids is 2.